The number of thiophene rings is 1. The number of nitrogens with one attached hydrogen (secondary N) is 1. The van der Waals surface area contributed by atoms with E-state index in [-0.39, 0.29) is 5.91 Å². The number of thiazole rings is 1. The number of nitrogen functional groups attached to an aromatic ring is 1. The molecule has 2 aromatic heterocycles. The lowest BCUT2D eigenvalue weighted by atomic mass is 10.4. The summed E-state index contributed by atoms with van der Waals surface area (Å²) in [6, 6.07) is 4.25. The van der Waals surface area contributed by atoms with E-state index in [1.807, 2.05) is 12.1 Å². The lowest BCUT2D eigenvalue weighted by molar-refractivity contribution is 0.0792. The van der Waals surface area contributed by atoms with Crippen molar-refractivity contribution in [2.75, 3.05) is 18.1 Å². The van der Waals surface area contributed by atoms with Crippen molar-refractivity contribution in [1.29, 1.82) is 0 Å². The SMILES string of the molecule is CN(Cc1ccc(Cl)s1)C(=O)c1sc(NC2CC2)nc1N. The summed E-state index contributed by atoms with van der Waals surface area (Å²) in [7, 11) is 1.75. The third-order valence-corrected chi connectivity index (χ3v) is 5.33. The summed E-state index contributed by atoms with van der Waals surface area (Å²) in [5, 5.41) is 3.99. The number of hydrogen-bond acceptors (Lipinski definition) is 6. The molecule has 21 heavy (non-hydrogen) atoms. The molecule has 2 aromatic rings. The summed E-state index contributed by atoms with van der Waals surface area (Å²) < 4.78 is 0.721. The highest BCUT2D eigenvalue weighted by Crippen LogP contribution is 2.31. The summed E-state index contributed by atoms with van der Waals surface area (Å²) >= 11 is 8.69. The molecule has 0 atom stereocenters. The molecule has 1 aliphatic rings. The molecular weight excluding hydrogens is 328 g/mol. The average molecular weight is 343 g/mol. The minimum absolute atomic E-state index is 0.113. The molecule has 112 valence electrons. The van der Waals surface area contributed by atoms with Crippen molar-refractivity contribution in [3.05, 3.63) is 26.2 Å². The Labute approximate surface area is 135 Å². The predicted octanol–water partition coefficient (Wildman–Crippen LogP) is 3.29. The lowest BCUT2D eigenvalue weighted by Crippen LogP contribution is -2.25. The first kappa shape index (κ1) is 14.6. The molecule has 1 fully saturated rings. The first-order valence-corrected chi connectivity index (χ1v) is 8.56. The van der Waals surface area contributed by atoms with Crippen LogP contribution in [0.5, 0.6) is 0 Å². The van der Waals surface area contributed by atoms with Gasteiger partial charge in [0.05, 0.1) is 10.9 Å². The highest BCUT2D eigenvalue weighted by molar-refractivity contribution is 7.18. The summed E-state index contributed by atoms with van der Waals surface area (Å²) in [6.45, 7) is 0.513. The van der Waals surface area contributed by atoms with Crippen molar-refractivity contribution in [3.8, 4) is 0 Å². The molecule has 1 aliphatic carbocycles. The highest BCUT2D eigenvalue weighted by atomic mass is 35.5. The maximum atomic E-state index is 12.5. The second kappa shape index (κ2) is 5.82. The normalized spacial score (nSPS) is 14.2. The number of nitrogens with zero attached hydrogens (tertiary/aromatic N) is 2. The Morgan fingerprint density at radius 1 is 1.52 bits per heavy atom. The maximum Gasteiger partial charge on any atom is 0.267 e. The second-order valence-corrected chi connectivity index (χ2v) is 7.82. The standard InChI is InChI=1S/C13H15ClN4OS2/c1-18(6-8-4-5-9(14)20-8)12(19)10-11(15)17-13(21-10)16-7-2-3-7/h4-5,7H,2-3,6,15H2,1H3,(H,16,17). The van der Waals surface area contributed by atoms with Crippen molar-refractivity contribution in [3.63, 3.8) is 0 Å². The Morgan fingerprint density at radius 2 is 2.29 bits per heavy atom. The smallest absolute Gasteiger partial charge is 0.267 e. The monoisotopic (exact) mass is 342 g/mol. The van der Waals surface area contributed by atoms with Crippen LogP contribution < -0.4 is 11.1 Å². The quantitative estimate of drug-likeness (QED) is 0.874. The number of carbonyl (C=O) groups excluding carboxylic acids is 1. The zero-order valence-corrected chi connectivity index (χ0v) is 13.8. The van der Waals surface area contributed by atoms with Gasteiger partial charge in [0, 0.05) is 18.0 Å². The van der Waals surface area contributed by atoms with Gasteiger partial charge in [-0.25, -0.2) is 4.98 Å². The number of nitrogens with two attached hydrogens (primary N) is 1. The van der Waals surface area contributed by atoms with E-state index in [0.717, 1.165) is 27.2 Å². The minimum atomic E-state index is -0.113. The largest absolute Gasteiger partial charge is 0.382 e. The Bertz CT molecular complexity index is 665. The van der Waals surface area contributed by atoms with Crippen LogP contribution in [0.1, 0.15) is 27.4 Å². The Kier molecular flexibility index (Phi) is 4.05. The number of halogens is 1. The third kappa shape index (κ3) is 3.48. The first-order chi connectivity index (χ1) is 10.0. The molecule has 5 nitrogen and oxygen atoms in total. The summed E-state index contributed by atoms with van der Waals surface area (Å²) in [5.41, 5.74) is 5.87. The van der Waals surface area contributed by atoms with Gasteiger partial charge in [0.15, 0.2) is 5.13 Å². The molecule has 3 rings (SSSR count). The van der Waals surface area contributed by atoms with E-state index in [9.17, 15) is 4.79 Å². The molecular formula is C13H15ClN4OS2. The van der Waals surface area contributed by atoms with Gasteiger partial charge in [0.2, 0.25) is 0 Å². The molecule has 1 amide bonds. The Hall–Kier alpha value is -1.31. The van der Waals surface area contributed by atoms with Gasteiger partial charge >= 0.3 is 0 Å². The molecule has 2 heterocycles. The van der Waals surface area contributed by atoms with Gasteiger partial charge in [-0.3, -0.25) is 4.79 Å². The van der Waals surface area contributed by atoms with Crippen LogP contribution in [0.4, 0.5) is 10.9 Å². The second-order valence-electron chi connectivity index (χ2n) is 5.02. The fourth-order valence-corrected chi connectivity index (χ4v) is 3.96. The van der Waals surface area contributed by atoms with Gasteiger partial charge in [-0.05, 0) is 25.0 Å². The van der Waals surface area contributed by atoms with Crippen LogP contribution >= 0.6 is 34.3 Å². The summed E-state index contributed by atoms with van der Waals surface area (Å²) in [4.78, 5) is 19.8. The van der Waals surface area contributed by atoms with E-state index in [4.69, 9.17) is 17.3 Å². The van der Waals surface area contributed by atoms with Crippen LogP contribution in [0.2, 0.25) is 4.34 Å². The van der Waals surface area contributed by atoms with Crippen LogP contribution in [0.25, 0.3) is 0 Å². The lowest BCUT2D eigenvalue weighted by Gasteiger charge is -2.15. The molecule has 8 heteroatoms. The van der Waals surface area contributed by atoms with Crippen molar-refractivity contribution in [1.82, 2.24) is 9.88 Å². The van der Waals surface area contributed by atoms with Crippen molar-refractivity contribution < 1.29 is 4.79 Å². The molecule has 0 aliphatic heterocycles. The number of amides is 1. The van der Waals surface area contributed by atoms with Gasteiger partial charge in [-0.2, -0.15) is 0 Å². The van der Waals surface area contributed by atoms with Gasteiger partial charge in [-0.1, -0.05) is 22.9 Å². The number of carbonyl (C=O) groups is 1. The highest BCUT2D eigenvalue weighted by Gasteiger charge is 2.25. The molecule has 0 aromatic carbocycles. The van der Waals surface area contributed by atoms with Gasteiger partial charge in [0.1, 0.15) is 10.7 Å². The number of hydrogen-bond donors (Lipinski definition) is 2. The molecule has 1 saturated carbocycles. The van der Waals surface area contributed by atoms with Crippen molar-refractivity contribution in [2.24, 2.45) is 0 Å². The third-order valence-electron chi connectivity index (χ3n) is 3.12. The van der Waals surface area contributed by atoms with E-state index in [1.54, 1.807) is 11.9 Å². The summed E-state index contributed by atoms with van der Waals surface area (Å²) in [5.74, 6) is 0.183. The first-order valence-electron chi connectivity index (χ1n) is 6.55. The average Bonchev–Trinajstić information content (AvgIpc) is 3.04. The number of aromatic nitrogens is 1. The van der Waals surface area contributed by atoms with E-state index >= 15 is 0 Å². The van der Waals surface area contributed by atoms with E-state index in [0.29, 0.717) is 23.3 Å². The molecule has 0 unspecified atom stereocenters. The number of rotatable bonds is 5. The zero-order valence-electron chi connectivity index (χ0n) is 11.4. The zero-order chi connectivity index (χ0) is 15.0. The van der Waals surface area contributed by atoms with Crippen LogP contribution in [0.15, 0.2) is 12.1 Å². The maximum absolute atomic E-state index is 12.5. The number of anilines is 2. The molecule has 0 bridgehead atoms. The topological polar surface area (TPSA) is 71.2 Å². The van der Waals surface area contributed by atoms with E-state index < -0.39 is 0 Å². The van der Waals surface area contributed by atoms with Crippen molar-refractivity contribution in [2.45, 2.75) is 25.4 Å². The summed E-state index contributed by atoms with van der Waals surface area (Å²) in [6.07, 6.45) is 2.31. The Morgan fingerprint density at radius 3 is 2.90 bits per heavy atom. The van der Waals surface area contributed by atoms with Crippen molar-refractivity contribution >= 4 is 51.1 Å². The molecule has 0 spiro atoms. The fourth-order valence-electron chi connectivity index (χ4n) is 1.86. The van der Waals surface area contributed by atoms with E-state index in [2.05, 4.69) is 10.3 Å². The van der Waals surface area contributed by atoms with E-state index in [1.165, 1.54) is 22.7 Å². The molecule has 0 saturated heterocycles. The molecule has 0 radical (unpaired) electrons. The van der Waals surface area contributed by atoms with Gasteiger partial charge in [0.25, 0.3) is 5.91 Å². The van der Waals surface area contributed by atoms with Crippen LogP contribution in [-0.2, 0) is 6.54 Å². The predicted molar refractivity (Wildman–Crippen MR) is 88.3 cm³/mol. The van der Waals surface area contributed by atoms with Crippen LogP contribution in [0, 0.1) is 0 Å². The molecule has 3 N–H and O–H groups in total. The van der Waals surface area contributed by atoms with Gasteiger partial charge in [-0.15, -0.1) is 11.3 Å². The minimum Gasteiger partial charge on any atom is -0.382 e. The van der Waals surface area contributed by atoms with Crippen LogP contribution in [-0.4, -0.2) is 28.9 Å². The Balaban J connectivity index is 1.69. The fraction of sp³-hybridized carbons (Fsp3) is 0.385. The van der Waals surface area contributed by atoms with Gasteiger partial charge < -0.3 is 16.0 Å². The van der Waals surface area contributed by atoms with Crippen LogP contribution in [0.3, 0.4) is 0 Å².